The third-order valence-corrected chi connectivity index (χ3v) is 5.95. The Morgan fingerprint density at radius 1 is 1.27 bits per heavy atom. The van der Waals surface area contributed by atoms with E-state index in [1.807, 2.05) is 37.5 Å². The van der Waals surface area contributed by atoms with E-state index in [9.17, 15) is 9.59 Å². The fourth-order valence-electron chi connectivity index (χ4n) is 3.75. The van der Waals surface area contributed by atoms with Crippen LogP contribution in [0.5, 0.6) is 0 Å². The minimum atomic E-state index is -0.506. The number of nitrogens with one attached hydrogen (secondary N) is 1. The van der Waals surface area contributed by atoms with Gasteiger partial charge in [0, 0.05) is 29.4 Å². The second-order valence-corrected chi connectivity index (χ2v) is 9.94. The molecule has 1 unspecified atom stereocenters. The Balaban J connectivity index is 2.29. The van der Waals surface area contributed by atoms with Crippen molar-refractivity contribution in [2.24, 2.45) is 7.05 Å². The first-order valence-electron chi connectivity index (χ1n) is 10.6. The Labute approximate surface area is 206 Å². The lowest BCUT2D eigenvalue weighted by Crippen LogP contribution is -2.29. The molecule has 9 heteroatoms. The fourth-order valence-corrected chi connectivity index (χ4v) is 4.77. The van der Waals surface area contributed by atoms with E-state index in [1.165, 1.54) is 4.57 Å². The van der Waals surface area contributed by atoms with Crippen LogP contribution >= 0.6 is 27.5 Å². The number of esters is 1. The second-order valence-electron chi connectivity index (χ2n) is 8.80. The van der Waals surface area contributed by atoms with E-state index in [4.69, 9.17) is 16.3 Å². The minimum Gasteiger partial charge on any atom is -0.461 e. The molecule has 176 valence electrons. The van der Waals surface area contributed by atoms with Gasteiger partial charge in [-0.1, -0.05) is 23.7 Å². The highest BCUT2D eigenvalue weighted by molar-refractivity contribution is 9.10. The van der Waals surface area contributed by atoms with Crippen molar-refractivity contribution in [1.82, 2.24) is 14.1 Å². The van der Waals surface area contributed by atoms with Gasteiger partial charge in [-0.2, -0.15) is 0 Å². The first-order valence-corrected chi connectivity index (χ1v) is 11.8. The fraction of sp³-hybridized carbons (Fsp3) is 0.375. The lowest BCUT2D eigenvalue weighted by atomic mass is 9.99. The molecule has 0 spiro atoms. The van der Waals surface area contributed by atoms with Gasteiger partial charge in [0.15, 0.2) is 10.4 Å². The molecular weight excluding hydrogens is 508 g/mol. The normalized spacial score (nSPS) is 12.5. The first kappa shape index (κ1) is 25.1. The number of aryl methyl sites for hydroxylation is 2. The van der Waals surface area contributed by atoms with Crippen molar-refractivity contribution in [2.75, 3.05) is 11.9 Å². The molecule has 0 aliphatic heterocycles. The number of hydrogen-bond acceptors (Lipinski definition) is 5. The largest absolute Gasteiger partial charge is 0.461 e. The van der Waals surface area contributed by atoms with Crippen molar-refractivity contribution in [3.8, 4) is 0 Å². The highest BCUT2D eigenvalue weighted by atomic mass is 79.9. The van der Waals surface area contributed by atoms with Crippen molar-refractivity contribution >= 4 is 39.2 Å². The van der Waals surface area contributed by atoms with Gasteiger partial charge in [-0.15, -0.1) is 0 Å². The number of carbonyl (C=O) groups excluding carboxylic acids is 1. The lowest BCUT2D eigenvalue weighted by molar-refractivity contribution is 0.0518. The first-order chi connectivity index (χ1) is 15.4. The zero-order valence-electron chi connectivity index (χ0n) is 19.6. The number of imidazole rings is 1. The zero-order chi connectivity index (χ0) is 24.5. The molecule has 1 atom stereocenters. The minimum absolute atomic E-state index is 0.0710. The number of ether oxygens (including phenoxy) is 1. The molecule has 0 radical (unpaired) electrons. The second kappa shape index (κ2) is 9.73. The summed E-state index contributed by atoms with van der Waals surface area (Å²) in [4.78, 5) is 29.7. The molecule has 2 aromatic heterocycles. The molecule has 1 N–H and O–H groups in total. The van der Waals surface area contributed by atoms with E-state index in [-0.39, 0.29) is 17.9 Å². The molecule has 3 aromatic rings. The van der Waals surface area contributed by atoms with Gasteiger partial charge in [0.1, 0.15) is 0 Å². The molecule has 0 aliphatic rings. The summed E-state index contributed by atoms with van der Waals surface area (Å²) < 4.78 is 9.35. The Morgan fingerprint density at radius 2 is 1.91 bits per heavy atom. The molecule has 0 amide bonds. The third kappa shape index (κ3) is 5.33. The maximum absolute atomic E-state index is 12.9. The van der Waals surface area contributed by atoms with E-state index in [0.29, 0.717) is 21.0 Å². The molecule has 7 nitrogen and oxygen atoms in total. The lowest BCUT2D eigenvalue weighted by Gasteiger charge is -2.30. The van der Waals surface area contributed by atoms with Crippen LogP contribution in [0.4, 0.5) is 5.69 Å². The van der Waals surface area contributed by atoms with Gasteiger partial charge in [-0.3, -0.25) is 4.79 Å². The van der Waals surface area contributed by atoms with Crippen molar-refractivity contribution in [3.63, 3.8) is 0 Å². The van der Waals surface area contributed by atoms with Gasteiger partial charge in [0.25, 0.3) is 5.56 Å². The summed E-state index contributed by atoms with van der Waals surface area (Å²) in [5.41, 5.74) is 2.58. The van der Waals surface area contributed by atoms with Crippen molar-refractivity contribution in [2.45, 2.75) is 46.2 Å². The molecule has 0 fully saturated rings. The highest BCUT2D eigenvalue weighted by Crippen LogP contribution is 2.36. The van der Waals surface area contributed by atoms with Gasteiger partial charge in [0.2, 0.25) is 0 Å². The number of halogens is 2. The van der Waals surface area contributed by atoms with Crippen molar-refractivity contribution in [3.05, 3.63) is 79.2 Å². The van der Waals surface area contributed by atoms with Crippen LogP contribution in [0.15, 0.2) is 46.1 Å². The summed E-state index contributed by atoms with van der Waals surface area (Å²) in [7, 11) is 1.71. The molecule has 3 rings (SSSR count). The predicted octanol–water partition coefficient (Wildman–Crippen LogP) is 5.44. The van der Waals surface area contributed by atoms with Gasteiger partial charge < -0.3 is 19.2 Å². The van der Waals surface area contributed by atoms with Crippen LogP contribution < -0.4 is 10.9 Å². The maximum atomic E-state index is 12.9. The van der Waals surface area contributed by atoms with Gasteiger partial charge >= 0.3 is 5.97 Å². The maximum Gasteiger partial charge on any atom is 0.358 e. The summed E-state index contributed by atoms with van der Waals surface area (Å²) >= 11 is 9.70. The molecule has 0 bridgehead atoms. The zero-order valence-corrected chi connectivity index (χ0v) is 21.9. The molecule has 0 aliphatic carbocycles. The summed E-state index contributed by atoms with van der Waals surface area (Å²) in [5.74, 6) is -0.506. The Bertz CT molecular complexity index is 1200. The average molecular weight is 536 g/mol. The number of anilines is 1. The average Bonchev–Trinajstić information content (AvgIpc) is 3.08. The number of carbonyl (C=O) groups is 1. The number of hydrogen-bond donors (Lipinski definition) is 1. The van der Waals surface area contributed by atoms with Crippen LogP contribution in [0, 0.1) is 6.92 Å². The van der Waals surface area contributed by atoms with Gasteiger partial charge in [-0.25, -0.2) is 9.78 Å². The summed E-state index contributed by atoms with van der Waals surface area (Å²) in [6, 6.07) is 8.71. The van der Waals surface area contributed by atoms with Crippen molar-refractivity contribution < 1.29 is 9.53 Å². The van der Waals surface area contributed by atoms with E-state index in [2.05, 4.69) is 26.2 Å². The molecule has 0 saturated heterocycles. The molecule has 33 heavy (non-hydrogen) atoms. The van der Waals surface area contributed by atoms with Crippen LogP contribution in [-0.4, -0.2) is 26.7 Å². The molecule has 2 heterocycles. The number of benzene rings is 1. The Kier molecular flexibility index (Phi) is 7.39. The summed E-state index contributed by atoms with van der Waals surface area (Å²) in [6.07, 6.45) is 1.73. The SMILES string of the molecule is CCOC(=O)c1nc(Br)n(C(C)(C)C)c1C(Nc1cc(C)c(=O)n(C)c1)c1ccc(Cl)cc1. The van der Waals surface area contributed by atoms with Crippen LogP contribution in [0.25, 0.3) is 0 Å². The van der Waals surface area contributed by atoms with E-state index in [0.717, 1.165) is 11.3 Å². The van der Waals surface area contributed by atoms with Crippen LogP contribution in [-0.2, 0) is 17.3 Å². The Morgan fingerprint density at radius 3 is 2.45 bits per heavy atom. The highest BCUT2D eigenvalue weighted by Gasteiger charge is 2.34. The van der Waals surface area contributed by atoms with E-state index >= 15 is 0 Å². The van der Waals surface area contributed by atoms with E-state index < -0.39 is 17.6 Å². The van der Waals surface area contributed by atoms with Crippen molar-refractivity contribution in [1.29, 1.82) is 0 Å². The third-order valence-electron chi connectivity index (χ3n) is 5.16. The number of pyridine rings is 1. The predicted molar refractivity (Wildman–Crippen MR) is 134 cm³/mol. The summed E-state index contributed by atoms with van der Waals surface area (Å²) in [5, 5.41) is 4.11. The molecule has 1 aromatic carbocycles. The smallest absolute Gasteiger partial charge is 0.358 e. The molecular formula is C24H28BrClN4O3. The Hall–Kier alpha value is -2.58. The number of rotatable bonds is 6. The molecule has 0 saturated carbocycles. The van der Waals surface area contributed by atoms with Gasteiger partial charge in [0.05, 0.1) is 24.0 Å². The topological polar surface area (TPSA) is 78.2 Å². The standard InChI is InChI=1S/C24H28BrClN4O3/c1-7-33-22(32)19-20(30(23(25)28-19)24(3,4)5)18(15-8-10-16(26)11-9-15)27-17-12-14(2)21(31)29(6)13-17/h8-13,18,27H,7H2,1-6H3. The van der Waals surface area contributed by atoms with Crippen LogP contribution in [0.3, 0.4) is 0 Å². The number of aromatic nitrogens is 3. The van der Waals surface area contributed by atoms with E-state index in [1.54, 1.807) is 45.3 Å². The number of nitrogens with zero attached hydrogens (tertiary/aromatic N) is 3. The quantitative estimate of drug-likeness (QED) is 0.425. The monoisotopic (exact) mass is 534 g/mol. The van der Waals surface area contributed by atoms with Crippen LogP contribution in [0.1, 0.15) is 61.0 Å². The summed E-state index contributed by atoms with van der Waals surface area (Å²) in [6.45, 7) is 9.87. The van der Waals surface area contributed by atoms with Crippen LogP contribution in [0.2, 0.25) is 5.02 Å². The van der Waals surface area contributed by atoms with Gasteiger partial charge in [-0.05, 0) is 74.3 Å².